The summed E-state index contributed by atoms with van der Waals surface area (Å²) in [5, 5.41) is 3.84. The maximum atomic E-state index is 13.3. The van der Waals surface area contributed by atoms with Crippen molar-refractivity contribution in [3.05, 3.63) is 34.9 Å². The molecular formula is C17H22ClF3N2O. The van der Waals surface area contributed by atoms with Crippen LogP contribution in [-0.2, 0) is 4.74 Å². The standard InChI is InChI=1S/C17H22ClF3N2O/c18-15-4-2-1-3-14(15)12-9-13(10-12)22-11-16(17(19,20)21)23-5-7-24-8-6-23/h1-4,12-13,16,22H,5-11H2. The maximum absolute atomic E-state index is 13.3. The molecule has 134 valence electrons. The summed E-state index contributed by atoms with van der Waals surface area (Å²) in [6, 6.07) is 6.36. The van der Waals surface area contributed by atoms with Crippen molar-refractivity contribution < 1.29 is 17.9 Å². The number of ether oxygens (including phenoxy) is 1. The lowest BCUT2D eigenvalue weighted by molar-refractivity contribution is -0.191. The number of rotatable bonds is 5. The summed E-state index contributed by atoms with van der Waals surface area (Å²) in [6.45, 7) is 1.33. The number of morpholine rings is 1. The van der Waals surface area contributed by atoms with Gasteiger partial charge in [-0.05, 0) is 30.4 Å². The van der Waals surface area contributed by atoms with E-state index < -0.39 is 12.2 Å². The minimum Gasteiger partial charge on any atom is -0.379 e. The Morgan fingerprint density at radius 3 is 2.50 bits per heavy atom. The lowest BCUT2D eigenvalue weighted by atomic mass is 9.76. The zero-order valence-electron chi connectivity index (χ0n) is 13.4. The average molecular weight is 363 g/mol. The topological polar surface area (TPSA) is 24.5 Å². The molecule has 2 aliphatic rings. The average Bonchev–Trinajstić information content (AvgIpc) is 2.50. The third-order valence-electron chi connectivity index (χ3n) is 4.95. The summed E-state index contributed by atoms with van der Waals surface area (Å²) in [4.78, 5) is 1.47. The summed E-state index contributed by atoms with van der Waals surface area (Å²) in [7, 11) is 0. The van der Waals surface area contributed by atoms with Crippen LogP contribution < -0.4 is 5.32 Å². The second-order valence-electron chi connectivity index (χ2n) is 6.50. The van der Waals surface area contributed by atoms with Gasteiger partial charge in [0.2, 0.25) is 0 Å². The highest BCUT2D eigenvalue weighted by Gasteiger charge is 2.44. The number of alkyl halides is 3. The molecule has 0 bridgehead atoms. The minimum absolute atomic E-state index is 0.0661. The molecule has 1 atom stereocenters. The van der Waals surface area contributed by atoms with E-state index in [0.29, 0.717) is 32.2 Å². The smallest absolute Gasteiger partial charge is 0.379 e. The highest BCUT2D eigenvalue weighted by Crippen LogP contribution is 2.40. The first kappa shape index (κ1) is 18.0. The highest BCUT2D eigenvalue weighted by molar-refractivity contribution is 6.31. The predicted molar refractivity (Wildman–Crippen MR) is 87.5 cm³/mol. The first-order valence-corrected chi connectivity index (χ1v) is 8.69. The van der Waals surface area contributed by atoms with E-state index in [9.17, 15) is 13.2 Å². The van der Waals surface area contributed by atoms with Gasteiger partial charge in [-0.25, -0.2) is 0 Å². The number of nitrogens with one attached hydrogen (secondary N) is 1. The van der Waals surface area contributed by atoms with E-state index in [1.54, 1.807) is 0 Å². The Morgan fingerprint density at radius 1 is 1.21 bits per heavy atom. The Bertz CT molecular complexity index is 543. The summed E-state index contributed by atoms with van der Waals surface area (Å²) in [6.07, 6.45) is -2.56. The molecule has 1 aliphatic heterocycles. The molecule has 1 aromatic rings. The van der Waals surface area contributed by atoms with Crippen molar-refractivity contribution in [3.63, 3.8) is 0 Å². The molecule has 0 aromatic heterocycles. The van der Waals surface area contributed by atoms with Crippen LogP contribution in [0.3, 0.4) is 0 Å². The number of benzene rings is 1. The Morgan fingerprint density at radius 2 is 1.88 bits per heavy atom. The molecule has 1 saturated heterocycles. The van der Waals surface area contributed by atoms with Gasteiger partial charge in [-0.1, -0.05) is 29.8 Å². The molecular weight excluding hydrogens is 341 g/mol. The van der Waals surface area contributed by atoms with Gasteiger partial charge >= 0.3 is 6.18 Å². The molecule has 2 fully saturated rings. The molecule has 1 heterocycles. The van der Waals surface area contributed by atoms with Gasteiger partial charge in [0.25, 0.3) is 0 Å². The summed E-state index contributed by atoms with van der Waals surface area (Å²) >= 11 is 6.18. The van der Waals surface area contributed by atoms with Crippen LogP contribution in [0.15, 0.2) is 24.3 Å². The van der Waals surface area contributed by atoms with Crippen molar-refractivity contribution in [2.45, 2.75) is 37.0 Å². The molecule has 3 nitrogen and oxygen atoms in total. The van der Waals surface area contributed by atoms with Crippen LogP contribution in [0, 0.1) is 0 Å². The normalized spacial score (nSPS) is 26.8. The first-order chi connectivity index (χ1) is 11.4. The Labute approximate surface area is 145 Å². The first-order valence-electron chi connectivity index (χ1n) is 8.31. The van der Waals surface area contributed by atoms with Crippen LogP contribution in [0.2, 0.25) is 5.02 Å². The lowest BCUT2D eigenvalue weighted by Crippen LogP contribution is -2.57. The SMILES string of the molecule is FC(F)(F)C(CNC1CC(c2ccccc2Cl)C1)N1CCOCC1. The second-order valence-corrected chi connectivity index (χ2v) is 6.91. The van der Waals surface area contributed by atoms with Gasteiger partial charge in [0.15, 0.2) is 0 Å². The molecule has 0 amide bonds. The molecule has 3 rings (SSSR count). The highest BCUT2D eigenvalue weighted by atomic mass is 35.5. The zero-order chi connectivity index (χ0) is 17.2. The van der Waals surface area contributed by atoms with E-state index in [-0.39, 0.29) is 12.6 Å². The lowest BCUT2D eigenvalue weighted by Gasteiger charge is -2.40. The van der Waals surface area contributed by atoms with Crippen LogP contribution in [0.1, 0.15) is 24.3 Å². The molecule has 1 saturated carbocycles. The fourth-order valence-electron chi connectivity index (χ4n) is 3.46. The predicted octanol–water partition coefficient (Wildman–Crippen LogP) is 3.44. The Kier molecular flexibility index (Phi) is 5.70. The Balaban J connectivity index is 1.50. The largest absolute Gasteiger partial charge is 0.405 e. The van der Waals surface area contributed by atoms with Gasteiger partial charge in [-0.2, -0.15) is 13.2 Å². The molecule has 1 aromatic carbocycles. The summed E-state index contributed by atoms with van der Waals surface area (Å²) in [5.74, 6) is 0.337. The van der Waals surface area contributed by atoms with E-state index in [1.807, 2.05) is 24.3 Å². The van der Waals surface area contributed by atoms with Crippen LogP contribution in [0.5, 0.6) is 0 Å². The summed E-state index contributed by atoms with van der Waals surface area (Å²) in [5.41, 5.74) is 1.10. The number of nitrogens with zero attached hydrogens (tertiary/aromatic N) is 1. The molecule has 1 unspecified atom stereocenters. The van der Waals surface area contributed by atoms with E-state index >= 15 is 0 Å². The quantitative estimate of drug-likeness (QED) is 0.868. The zero-order valence-corrected chi connectivity index (χ0v) is 14.1. The van der Waals surface area contributed by atoms with E-state index in [1.165, 1.54) is 4.90 Å². The van der Waals surface area contributed by atoms with Gasteiger partial charge in [-0.15, -0.1) is 0 Å². The van der Waals surface area contributed by atoms with Crippen LogP contribution in [0.4, 0.5) is 13.2 Å². The van der Waals surface area contributed by atoms with Crippen LogP contribution in [0.25, 0.3) is 0 Å². The molecule has 1 aliphatic carbocycles. The van der Waals surface area contributed by atoms with Crippen LogP contribution >= 0.6 is 11.6 Å². The van der Waals surface area contributed by atoms with Gasteiger partial charge < -0.3 is 10.1 Å². The molecule has 7 heteroatoms. The van der Waals surface area contributed by atoms with Crippen molar-refractivity contribution in [1.29, 1.82) is 0 Å². The van der Waals surface area contributed by atoms with E-state index in [0.717, 1.165) is 23.4 Å². The van der Waals surface area contributed by atoms with Crippen molar-refractivity contribution >= 4 is 11.6 Å². The summed E-state index contributed by atoms with van der Waals surface area (Å²) < 4.78 is 45.1. The second kappa shape index (κ2) is 7.60. The fourth-order valence-corrected chi connectivity index (χ4v) is 3.75. The van der Waals surface area contributed by atoms with Crippen molar-refractivity contribution in [3.8, 4) is 0 Å². The van der Waals surface area contributed by atoms with E-state index in [4.69, 9.17) is 16.3 Å². The minimum atomic E-state index is -4.23. The van der Waals surface area contributed by atoms with E-state index in [2.05, 4.69) is 5.32 Å². The molecule has 0 spiro atoms. The van der Waals surface area contributed by atoms with Gasteiger partial charge in [0.1, 0.15) is 6.04 Å². The third kappa shape index (κ3) is 4.23. The van der Waals surface area contributed by atoms with Crippen molar-refractivity contribution in [2.24, 2.45) is 0 Å². The number of hydrogen-bond acceptors (Lipinski definition) is 3. The van der Waals surface area contributed by atoms with Crippen LogP contribution in [-0.4, -0.2) is 56.0 Å². The maximum Gasteiger partial charge on any atom is 0.405 e. The van der Waals surface area contributed by atoms with Gasteiger partial charge in [0.05, 0.1) is 13.2 Å². The molecule has 0 radical (unpaired) electrons. The van der Waals surface area contributed by atoms with Crippen molar-refractivity contribution in [2.75, 3.05) is 32.8 Å². The molecule has 24 heavy (non-hydrogen) atoms. The Hall–Kier alpha value is -0.820. The number of halogens is 4. The monoisotopic (exact) mass is 362 g/mol. The van der Waals surface area contributed by atoms with Gasteiger partial charge in [0, 0.05) is 30.7 Å². The van der Waals surface area contributed by atoms with Crippen molar-refractivity contribution in [1.82, 2.24) is 10.2 Å². The molecule has 1 N–H and O–H groups in total. The fraction of sp³-hybridized carbons (Fsp3) is 0.647. The number of hydrogen-bond donors (Lipinski definition) is 1. The third-order valence-corrected chi connectivity index (χ3v) is 5.29. The van der Waals surface area contributed by atoms with Gasteiger partial charge in [-0.3, -0.25) is 4.90 Å².